The van der Waals surface area contributed by atoms with Gasteiger partial charge in [0.2, 0.25) is 10.0 Å². The Morgan fingerprint density at radius 3 is 2.48 bits per heavy atom. The Morgan fingerprint density at radius 1 is 1.22 bits per heavy atom. The average molecular weight is 413 g/mol. The maximum Gasteiger partial charge on any atom is 0.340 e. The van der Waals surface area contributed by atoms with E-state index in [2.05, 4.69) is 0 Å². The molecule has 0 aliphatic rings. The Kier molecular flexibility index (Phi) is 6.19. The summed E-state index contributed by atoms with van der Waals surface area (Å²) in [7, 11) is -1.02. The fourth-order valence-electron chi connectivity index (χ4n) is 2.22. The number of benzene rings is 2. The molecule has 0 spiro atoms. The maximum absolute atomic E-state index is 12.5. The first-order valence-corrected chi connectivity index (χ1v) is 9.53. The van der Waals surface area contributed by atoms with Crippen molar-refractivity contribution in [1.29, 1.82) is 0 Å². The molecule has 0 fully saturated rings. The molecule has 2 aromatic rings. The molecule has 0 aliphatic carbocycles. The second-order valence-corrected chi connectivity index (χ2v) is 8.39. The summed E-state index contributed by atoms with van der Waals surface area (Å²) in [5.74, 6) is -0.838. The van der Waals surface area contributed by atoms with Crippen LogP contribution < -0.4 is 0 Å². The molecule has 10 heteroatoms. The topological polar surface area (TPSA) is 107 Å². The van der Waals surface area contributed by atoms with Gasteiger partial charge < -0.3 is 4.74 Å². The molecule has 2 rings (SSSR count). The van der Waals surface area contributed by atoms with E-state index in [9.17, 15) is 23.3 Å². The highest BCUT2D eigenvalue weighted by Crippen LogP contribution is 2.26. The predicted molar refractivity (Wildman–Crippen MR) is 99.3 cm³/mol. The number of nitro benzene ring substituents is 1. The standard InChI is InChI=1S/C17H17ClN2O6S/c1-11(12-5-4-6-13(9-12)20(22)23)26-17(21)15-10-14(7-8-16(15)18)27(24,25)19(2)3/h4-11H,1-3H3/t11-/m0/s1. The molecule has 0 saturated heterocycles. The molecule has 0 aromatic heterocycles. The highest BCUT2D eigenvalue weighted by atomic mass is 35.5. The van der Waals surface area contributed by atoms with Gasteiger partial charge in [0.05, 0.1) is 20.4 Å². The Balaban J connectivity index is 2.30. The molecule has 8 nitrogen and oxygen atoms in total. The van der Waals surface area contributed by atoms with Gasteiger partial charge in [0.1, 0.15) is 6.10 Å². The van der Waals surface area contributed by atoms with E-state index in [1.54, 1.807) is 13.0 Å². The Morgan fingerprint density at radius 2 is 1.89 bits per heavy atom. The summed E-state index contributed by atoms with van der Waals surface area (Å²) in [6.07, 6.45) is -0.803. The summed E-state index contributed by atoms with van der Waals surface area (Å²) in [6.45, 7) is 1.55. The number of rotatable bonds is 6. The number of sulfonamides is 1. The van der Waals surface area contributed by atoms with E-state index in [4.69, 9.17) is 16.3 Å². The minimum Gasteiger partial charge on any atom is -0.454 e. The lowest BCUT2D eigenvalue weighted by atomic mass is 10.1. The van der Waals surface area contributed by atoms with Gasteiger partial charge in [0.15, 0.2) is 0 Å². The zero-order chi connectivity index (χ0) is 20.4. The third-order valence-corrected chi connectivity index (χ3v) is 5.91. The van der Waals surface area contributed by atoms with Crippen molar-refractivity contribution < 1.29 is 22.9 Å². The van der Waals surface area contributed by atoms with Crippen molar-refractivity contribution in [2.45, 2.75) is 17.9 Å². The molecule has 0 N–H and O–H groups in total. The number of ether oxygens (including phenoxy) is 1. The van der Waals surface area contributed by atoms with Crippen LogP contribution in [0.25, 0.3) is 0 Å². The van der Waals surface area contributed by atoms with Gasteiger partial charge in [0.25, 0.3) is 5.69 Å². The summed E-state index contributed by atoms with van der Waals surface area (Å²) < 4.78 is 30.8. The second kappa shape index (κ2) is 8.03. The number of hydrogen-bond acceptors (Lipinski definition) is 6. The third-order valence-electron chi connectivity index (χ3n) is 3.77. The zero-order valence-corrected chi connectivity index (χ0v) is 16.3. The van der Waals surface area contributed by atoms with E-state index >= 15 is 0 Å². The lowest BCUT2D eigenvalue weighted by molar-refractivity contribution is -0.385. The van der Waals surface area contributed by atoms with Gasteiger partial charge in [-0.2, -0.15) is 0 Å². The zero-order valence-electron chi connectivity index (χ0n) is 14.7. The Bertz CT molecular complexity index is 991. The van der Waals surface area contributed by atoms with Gasteiger partial charge in [-0.05, 0) is 30.7 Å². The van der Waals surface area contributed by atoms with E-state index < -0.39 is 27.0 Å². The van der Waals surface area contributed by atoms with E-state index in [1.807, 2.05) is 0 Å². The second-order valence-electron chi connectivity index (χ2n) is 5.83. The van der Waals surface area contributed by atoms with E-state index in [1.165, 1.54) is 44.4 Å². The molecule has 2 aromatic carbocycles. The molecular formula is C17H17ClN2O6S. The van der Waals surface area contributed by atoms with Gasteiger partial charge in [-0.3, -0.25) is 10.1 Å². The number of esters is 1. The summed E-state index contributed by atoms with van der Waals surface area (Å²) in [4.78, 5) is 22.7. The van der Waals surface area contributed by atoms with Gasteiger partial charge in [-0.1, -0.05) is 23.7 Å². The minimum atomic E-state index is -3.75. The van der Waals surface area contributed by atoms with Crippen molar-refractivity contribution in [3.8, 4) is 0 Å². The fraction of sp³-hybridized carbons (Fsp3) is 0.235. The summed E-state index contributed by atoms with van der Waals surface area (Å²) in [5.41, 5.74) is 0.176. The van der Waals surface area contributed by atoms with Crippen molar-refractivity contribution in [3.63, 3.8) is 0 Å². The number of hydrogen-bond donors (Lipinski definition) is 0. The largest absolute Gasteiger partial charge is 0.454 e. The molecule has 0 radical (unpaired) electrons. The monoisotopic (exact) mass is 412 g/mol. The molecule has 0 aliphatic heterocycles. The van der Waals surface area contributed by atoms with E-state index in [0.29, 0.717) is 5.56 Å². The Labute approximate surface area is 161 Å². The van der Waals surface area contributed by atoms with Crippen LogP contribution in [0.5, 0.6) is 0 Å². The maximum atomic E-state index is 12.5. The van der Waals surface area contributed by atoms with Gasteiger partial charge in [0, 0.05) is 26.2 Å². The SMILES string of the molecule is C[C@H](OC(=O)c1cc(S(=O)(=O)N(C)C)ccc1Cl)c1cccc([N+](=O)[O-])c1. The van der Waals surface area contributed by atoms with Crippen LogP contribution in [0.4, 0.5) is 5.69 Å². The Hall–Kier alpha value is -2.49. The van der Waals surface area contributed by atoms with Crippen molar-refractivity contribution >= 4 is 33.3 Å². The fourth-order valence-corrected chi connectivity index (χ4v) is 3.34. The quantitative estimate of drug-likeness (QED) is 0.408. The number of carbonyl (C=O) groups excluding carboxylic acids is 1. The highest BCUT2D eigenvalue weighted by Gasteiger charge is 2.23. The number of non-ortho nitro benzene ring substituents is 1. The van der Waals surface area contributed by atoms with E-state index in [0.717, 1.165) is 10.4 Å². The molecule has 0 heterocycles. The number of nitrogens with zero attached hydrogens (tertiary/aromatic N) is 2. The van der Waals surface area contributed by atoms with Crippen LogP contribution in [0.1, 0.15) is 28.9 Å². The van der Waals surface area contributed by atoms with Crippen LogP contribution in [0.2, 0.25) is 5.02 Å². The number of carbonyl (C=O) groups is 1. The first kappa shape index (κ1) is 20.8. The first-order valence-electron chi connectivity index (χ1n) is 7.71. The van der Waals surface area contributed by atoms with Crippen LogP contribution in [0.15, 0.2) is 47.4 Å². The third kappa shape index (κ3) is 4.62. The van der Waals surface area contributed by atoms with Crippen molar-refractivity contribution in [2.75, 3.05) is 14.1 Å². The van der Waals surface area contributed by atoms with Crippen LogP contribution >= 0.6 is 11.6 Å². The highest BCUT2D eigenvalue weighted by molar-refractivity contribution is 7.89. The van der Waals surface area contributed by atoms with Crippen molar-refractivity contribution in [1.82, 2.24) is 4.31 Å². The first-order chi connectivity index (χ1) is 12.5. The normalized spacial score (nSPS) is 12.6. The van der Waals surface area contributed by atoms with Crippen LogP contribution in [-0.2, 0) is 14.8 Å². The molecule has 0 bridgehead atoms. The van der Waals surface area contributed by atoms with Gasteiger partial charge in [-0.25, -0.2) is 17.5 Å². The molecule has 0 amide bonds. The lowest BCUT2D eigenvalue weighted by Crippen LogP contribution is -2.22. The van der Waals surface area contributed by atoms with E-state index in [-0.39, 0.29) is 21.2 Å². The molecular weight excluding hydrogens is 396 g/mol. The van der Waals surface area contributed by atoms with Crippen LogP contribution in [0.3, 0.4) is 0 Å². The lowest BCUT2D eigenvalue weighted by Gasteiger charge is -2.16. The van der Waals surface area contributed by atoms with Crippen LogP contribution in [0, 0.1) is 10.1 Å². The molecule has 1 atom stereocenters. The molecule has 144 valence electrons. The predicted octanol–water partition coefficient (Wildman–Crippen LogP) is 3.42. The molecule has 0 unspecified atom stereocenters. The summed E-state index contributed by atoms with van der Waals surface area (Å²) in [6, 6.07) is 9.41. The van der Waals surface area contributed by atoms with Gasteiger partial charge in [-0.15, -0.1) is 0 Å². The minimum absolute atomic E-state index is 0.0314. The van der Waals surface area contributed by atoms with Crippen molar-refractivity contribution in [2.24, 2.45) is 0 Å². The summed E-state index contributed by atoms with van der Waals surface area (Å²) in [5, 5.41) is 10.9. The number of nitro groups is 1. The average Bonchev–Trinajstić information content (AvgIpc) is 2.61. The smallest absolute Gasteiger partial charge is 0.340 e. The van der Waals surface area contributed by atoms with Crippen molar-refractivity contribution in [3.05, 3.63) is 68.7 Å². The molecule has 27 heavy (non-hydrogen) atoms. The number of halogens is 1. The van der Waals surface area contributed by atoms with Crippen LogP contribution in [-0.4, -0.2) is 37.7 Å². The molecule has 0 saturated carbocycles. The van der Waals surface area contributed by atoms with Gasteiger partial charge >= 0.3 is 5.97 Å². The summed E-state index contributed by atoms with van der Waals surface area (Å²) >= 11 is 6.02.